The van der Waals surface area contributed by atoms with Crippen LogP contribution < -0.4 is 16.0 Å². The number of benzene rings is 1. The summed E-state index contributed by atoms with van der Waals surface area (Å²) in [5.74, 6) is -1.40. The Balaban J connectivity index is 1.54. The van der Waals surface area contributed by atoms with Crippen molar-refractivity contribution in [3.05, 3.63) is 40.1 Å². The Morgan fingerprint density at radius 3 is 2.88 bits per heavy atom. The van der Waals surface area contributed by atoms with E-state index in [-0.39, 0.29) is 29.2 Å². The third-order valence-corrected chi connectivity index (χ3v) is 4.73. The molecule has 2 aromatic rings. The molecule has 1 aromatic carbocycles. The number of hydrogen-bond acceptors (Lipinski definition) is 5. The van der Waals surface area contributed by atoms with Crippen LogP contribution in [0, 0.1) is 5.82 Å². The predicted molar refractivity (Wildman–Crippen MR) is 95.7 cm³/mol. The minimum absolute atomic E-state index is 0.0124. The monoisotopic (exact) mass is 396 g/mol. The van der Waals surface area contributed by atoms with Crippen LogP contribution in [-0.2, 0) is 20.8 Å². The lowest BCUT2D eigenvalue weighted by molar-refractivity contribution is -0.122. The van der Waals surface area contributed by atoms with Crippen molar-refractivity contribution in [3.8, 4) is 0 Å². The van der Waals surface area contributed by atoms with Crippen LogP contribution in [0.2, 0.25) is 5.02 Å². The van der Waals surface area contributed by atoms with Crippen molar-refractivity contribution in [2.75, 3.05) is 10.6 Å². The highest BCUT2D eigenvalue weighted by atomic mass is 35.5. The molecular weight excluding hydrogens is 383 g/mol. The highest BCUT2D eigenvalue weighted by Gasteiger charge is 2.27. The number of anilines is 2. The fraction of sp³-hybridized carbons (Fsp3) is 0.250. The number of halogens is 2. The van der Waals surface area contributed by atoms with E-state index in [4.69, 9.17) is 11.6 Å². The van der Waals surface area contributed by atoms with Crippen molar-refractivity contribution in [2.45, 2.75) is 25.3 Å². The number of aromatic nitrogens is 1. The van der Waals surface area contributed by atoms with Gasteiger partial charge in [-0.1, -0.05) is 11.6 Å². The maximum atomic E-state index is 13.1. The van der Waals surface area contributed by atoms with E-state index in [1.165, 1.54) is 23.5 Å². The normalized spacial score (nSPS) is 16.2. The van der Waals surface area contributed by atoms with Crippen molar-refractivity contribution in [2.24, 2.45) is 0 Å². The summed E-state index contributed by atoms with van der Waals surface area (Å²) in [5, 5.41) is 9.72. The number of carbonyl (C=O) groups excluding carboxylic acids is 3. The summed E-state index contributed by atoms with van der Waals surface area (Å²) in [7, 11) is 0. The molecule has 3 amide bonds. The summed E-state index contributed by atoms with van der Waals surface area (Å²) in [6, 6.07) is 3.33. The highest BCUT2D eigenvalue weighted by molar-refractivity contribution is 7.13. The van der Waals surface area contributed by atoms with Gasteiger partial charge in [0.05, 0.1) is 17.1 Å². The van der Waals surface area contributed by atoms with Crippen LogP contribution in [0.3, 0.4) is 0 Å². The van der Waals surface area contributed by atoms with Crippen LogP contribution in [0.1, 0.15) is 18.5 Å². The van der Waals surface area contributed by atoms with Crippen molar-refractivity contribution in [1.82, 2.24) is 10.3 Å². The number of rotatable bonds is 5. The Labute approximate surface area is 157 Å². The molecule has 10 heteroatoms. The topological polar surface area (TPSA) is 100 Å². The third-order valence-electron chi connectivity index (χ3n) is 3.64. The summed E-state index contributed by atoms with van der Waals surface area (Å²) in [5.41, 5.74) is 0.855. The molecule has 1 aliphatic heterocycles. The van der Waals surface area contributed by atoms with Gasteiger partial charge in [0.15, 0.2) is 5.13 Å². The average molecular weight is 397 g/mol. The standard InChI is InChI=1S/C16H14ClFN4O3S/c17-10-5-8(1-2-11(10)18)19-14(24)6-9-7-26-16(20-9)22-15(25)12-3-4-13(23)21-12/h1-2,5,7,12H,3-4,6H2,(H,19,24)(H,21,23)(H,20,22,25). The van der Waals surface area contributed by atoms with Crippen LogP contribution in [0.4, 0.5) is 15.2 Å². The number of thiazole rings is 1. The summed E-state index contributed by atoms with van der Waals surface area (Å²) >= 11 is 6.85. The Bertz CT molecular complexity index is 873. The average Bonchev–Trinajstić information content (AvgIpc) is 3.20. The number of hydrogen-bond donors (Lipinski definition) is 3. The molecule has 1 saturated heterocycles. The smallest absolute Gasteiger partial charge is 0.248 e. The van der Waals surface area contributed by atoms with Crippen molar-refractivity contribution < 1.29 is 18.8 Å². The largest absolute Gasteiger partial charge is 0.344 e. The Hall–Kier alpha value is -2.52. The molecule has 1 aromatic heterocycles. The van der Waals surface area contributed by atoms with Crippen LogP contribution in [-0.4, -0.2) is 28.7 Å². The second-order valence-electron chi connectivity index (χ2n) is 5.65. The molecule has 0 aliphatic carbocycles. The van der Waals surface area contributed by atoms with Crippen LogP contribution in [0.15, 0.2) is 23.6 Å². The van der Waals surface area contributed by atoms with E-state index in [9.17, 15) is 18.8 Å². The van der Waals surface area contributed by atoms with E-state index in [0.29, 0.717) is 29.4 Å². The summed E-state index contributed by atoms with van der Waals surface area (Å²) < 4.78 is 13.1. The number of amides is 3. The minimum atomic E-state index is -0.567. The molecule has 1 aliphatic rings. The molecule has 0 bridgehead atoms. The fourth-order valence-corrected chi connectivity index (χ4v) is 3.29. The summed E-state index contributed by atoms with van der Waals surface area (Å²) in [6.07, 6.45) is 0.766. The molecule has 0 radical (unpaired) electrons. The SMILES string of the molecule is O=C(Cc1csc(NC(=O)C2CCC(=O)N2)n1)Nc1ccc(F)c(Cl)c1. The first-order chi connectivity index (χ1) is 12.4. The van der Waals surface area contributed by atoms with Crippen molar-refractivity contribution in [1.29, 1.82) is 0 Å². The lowest BCUT2D eigenvalue weighted by Crippen LogP contribution is -2.37. The molecule has 26 heavy (non-hydrogen) atoms. The van der Waals surface area contributed by atoms with E-state index in [0.717, 1.165) is 6.07 Å². The lowest BCUT2D eigenvalue weighted by Gasteiger charge is -2.08. The van der Waals surface area contributed by atoms with E-state index in [2.05, 4.69) is 20.9 Å². The van der Waals surface area contributed by atoms with Gasteiger partial charge in [-0.2, -0.15) is 0 Å². The Kier molecular flexibility index (Phi) is 5.48. The van der Waals surface area contributed by atoms with Crippen molar-refractivity contribution >= 4 is 51.5 Å². The maximum absolute atomic E-state index is 13.1. The molecule has 0 spiro atoms. The molecule has 7 nitrogen and oxygen atoms in total. The van der Waals surface area contributed by atoms with Gasteiger partial charge in [-0.15, -0.1) is 11.3 Å². The van der Waals surface area contributed by atoms with Crippen LogP contribution in [0.5, 0.6) is 0 Å². The van der Waals surface area contributed by atoms with E-state index >= 15 is 0 Å². The molecule has 3 N–H and O–H groups in total. The van der Waals surface area contributed by atoms with Crippen LogP contribution >= 0.6 is 22.9 Å². The predicted octanol–water partition coefficient (Wildman–Crippen LogP) is 2.33. The zero-order chi connectivity index (χ0) is 18.7. The fourth-order valence-electron chi connectivity index (χ4n) is 2.39. The maximum Gasteiger partial charge on any atom is 0.248 e. The lowest BCUT2D eigenvalue weighted by atomic mass is 10.2. The molecule has 1 atom stereocenters. The summed E-state index contributed by atoms with van der Waals surface area (Å²) in [4.78, 5) is 39.4. The number of carbonyl (C=O) groups is 3. The molecule has 1 fully saturated rings. The third kappa shape index (κ3) is 4.55. The van der Waals surface area contributed by atoms with Gasteiger partial charge < -0.3 is 16.0 Å². The van der Waals surface area contributed by atoms with E-state index in [1.807, 2.05) is 0 Å². The van der Waals surface area contributed by atoms with Gasteiger partial charge in [-0.3, -0.25) is 14.4 Å². The first-order valence-corrected chi connectivity index (χ1v) is 8.96. The minimum Gasteiger partial charge on any atom is -0.344 e. The molecule has 3 rings (SSSR count). The van der Waals surface area contributed by atoms with E-state index < -0.39 is 11.9 Å². The quantitative estimate of drug-likeness (QED) is 0.722. The van der Waals surface area contributed by atoms with Gasteiger partial charge in [0, 0.05) is 17.5 Å². The second-order valence-corrected chi connectivity index (χ2v) is 6.91. The van der Waals surface area contributed by atoms with Gasteiger partial charge in [0.2, 0.25) is 17.7 Å². The van der Waals surface area contributed by atoms with E-state index in [1.54, 1.807) is 5.38 Å². The molecule has 2 heterocycles. The summed E-state index contributed by atoms with van der Waals surface area (Å²) in [6.45, 7) is 0. The molecule has 0 saturated carbocycles. The first-order valence-electron chi connectivity index (χ1n) is 7.70. The number of nitrogens with zero attached hydrogens (tertiary/aromatic N) is 1. The van der Waals surface area contributed by atoms with Crippen LogP contribution in [0.25, 0.3) is 0 Å². The highest BCUT2D eigenvalue weighted by Crippen LogP contribution is 2.20. The molecule has 1 unspecified atom stereocenters. The number of nitrogens with one attached hydrogen (secondary N) is 3. The molecule has 136 valence electrons. The zero-order valence-electron chi connectivity index (χ0n) is 13.3. The Morgan fingerprint density at radius 1 is 1.38 bits per heavy atom. The second kappa shape index (κ2) is 7.79. The zero-order valence-corrected chi connectivity index (χ0v) is 14.9. The van der Waals surface area contributed by atoms with Gasteiger partial charge in [0.1, 0.15) is 11.9 Å². The van der Waals surface area contributed by atoms with Gasteiger partial charge in [0.25, 0.3) is 0 Å². The van der Waals surface area contributed by atoms with Crippen molar-refractivity contribution in [3.63, 3.8) is 0 Å². The first kappa shape index (κ1) is 18.3. The van der Waals surface area contributed by atoms with Gasteiger partial charge in [-0.05, 0) is 24.6 Å². The van der Waals surface area contributed by atoms with Gasteiger partial charge in [-0.25, -0.2) is 9.37 Å². The molecular formula is C16H14ClFN4O3S. The van der Waals surface area contributed by atoms with Gasteiger partial charge >= 0.3 is 0 Å². The Morgan fingerprint density at radius 2 is 2.19 bits per heavy atom.